The van der Waals surface area contributed by atoms with Gasteiger partial charge in [-0.05, 0) is 48.6 Å². The standard InChI is InChI=1S/C21H17ClN4O4S/c1-24(2)12-13(16-5-3-4-6-18(16)26(29)30)11-17-19(27)23-21(31)25(20(17)28)15-9-7-14(22)8-10-15/h3-12H,1-2H3,(H,23,27,31)/b13-12-,17-11-. The highest BCUT2D eigenvalue weighted by Crippen LogP contribution is 2.29. The third-order valence-electron chi connectivity index (χ3n) is 4.30. The number of thiocarbonyl (C=S) groups is 1. The number of nitrogens with one attached hydrogen (secondary N) is 1. The fraction of sp³-hybridized carbons (Fsp3) is 0.0952. The topological polar surface area (TPSA) is 95.8 Å². The first-order valence-corrected chi connectivity index (χ1v) is 9.76. The van der Waals surface area contributed by atoms with E-state index >= 15 is 0 Å². The summed E-state index contributed by atoms with van der Waals surface area (Å²) in [6, 6.07) is 12.5. The average Bonchev–Trinajstić information content (AvgIpc) is 2.71. The Morgan fingerprint density at radius 2 is 1.81 bits per heavy atom. The van der Waals surface area contributed by atoms with Crippen molar-refractivity contribution in [3.05, 3.63) is 87.1 Å². The molecule has 2 aromatic carbocycles. The second-order valence-corrected chi connectivity index (χ2v) is 7.58. The van der Waals surface area contributed by atoms with E-state index in [0.717, 1.165) is 0 Å². The molecule has 1 heterocycles. The maximum absolute atomic E-state index is 13.2. The molecule has 0 bridgehead atoms. The van der Waals surface area contributed by atoms with E-state index in [1.54, 1.807) is 67.7 Å². The third-order valence-corrected chi connectivity index (χ3v) is 4.83. The number of halogens is 1. The van der Waals surface area contributed by atoms with Crippen molar-refractivity contribution in [1.82, 2.24) is 10.2 Å². The Labute approximate surface area is 188 Å². The lowest BCUT2D eigenvalue weighted by Crippen LogP contribution is -2.54. The Morgan fingerprint density at radius 3 is 2.42 bits per heavy atom. The molecule has 8 nitrogen and oxygen atoms in total. The van der Waals surface area contributed by atoms with Crippen LogP contribution in [0.5, 0.6) is 0 Å². The van der Waals surface area contributed by atoms with Crippen LogP contribution in [0.1, 0.15) is 5.56 Å². The lowest BCUT2D eigenvalue weighted by atomic mass is 10.00. The molecule has 1 N–H and O–H groups in total. The number of para-hydroxylation sites is 1. The minimum atomic E-state index is -0.691. The zero-order valence-electron chi connectivity index (χ0n) is 16.5. The fourth-order valence-corrected chi connectivity index (χ4v) is 3.38. The molecule has 0 aliphatic carbocycles. The Hall–Kier alpha value is -3.56. The number of nitro groups is 1. The highest BCUT2D eigenvalue weighted by molar-refractivity contribution is 7.80. The van der Waals surface area contributed by atoms with Crippen molar-refractivity contribution in [1.29, 1.82) is 0 Å². The predicted octanol–water partition coefficient (Wildman–Crippen LogP) is 3.53. The van der Waals surface area contributed by atoms with Crippen LogP contribution in [0.3, 0.4) is 0 Å². The quantitative estimate of drug-likeness (QED) is 0.243. The summed E-state index contributed by atoms with van der Waals surface area (Å²) in [4.78, 5) is 39.6. The summed E-state index contributed by atoms with van der Waals surface area (Å²) in [5.41, 5.74) is 0.644. The zero-order valence-corrected chi connectivity index (χ0v) is 18.1. The lowest BCUT2D eigenvalue weighted by molar-refractivity contribution is -0.385. The minimum Gasteiger partial charge on any atom is -0.383 e. The molecule has 3 rings (SSSR count). The molecule has 0 spiro atoms. The molecule has 158 valence electrons. The van der Waals surface area contributed by atoms with E-state index in [-0.39, 0.29) is 21.9 Å². The van der Waals surface area contributed by atoms with Gasteiger partial charge in [-0.15, -0.1) is 0 Å². The molecule has 2 aromatic rings. The highest BCUT2D eigenvalue weighted by Gasteiger charge is 2.35. The molecule has 0 unspecified atom stereocenters. The van der Waals surface area contributed by atoms with Gasteiger partial charge in [-0.1, -0.05) is 23.7 Å². The molecule has 1 saturated heterocycles. The van der Waals surface area contributed by atoms with Gasteiger partial charge in [-0.2, -0.15) is 0 Å². The summed E-state index contributed by atoms with van der Waals surface area (Å²) < 4.78 is 0. The van der Waals surface area contributed by atoms with Crippen molar-refractivity contribution in [3.8, 4) is 0 Å². The van der Waals surface area contributed by atoms with Gasteiger partial charge in [0.1, 0.15) is 5.57 Å². The summed E-state index contributed by atoms with van der Waals surface area (Å²) in [6.07, 6.45) is 2.92. The van der Waals surface area contributed by atoms with Crippen LogP contribution >= 0.6 is 23.8 Å². The average molecular weight is 457 g/mol. The number of carbonyl (C=O) groups is 2. The Balaban J connectivity index is 2.12. The predicted molar refractivity (Wildman–Crippen MR) is 123 cm³/mol. The number of hydrogen-bond acceptors (Lipinski definition) is 6. The van der Waals surface area contributed by atoms with Gasteiger partial charge in [0.25, 0.3) is 17.5 Å². The molecule has 2 amide bonds. The molecule has 1 fully saturated rings. The molecule has 0 radical (unpaired) electrons. The normalized spacial score (nSPS) is 15.8. The lowest BCUT2D eigenvalue weighted by Gasteiger charge is -2.29. The number of nitrogens with zero attached hydrogens (tertiary/aromatic N) is 3. The van der Waals surface area contributed by atoms with Gasteiger partial charge in [0, 0.05) is 37.0 Å². The van der Waals surface area contributed by atoms with Crippen LogP contribution in [0.2, 0.25) is 5.02 Å². The van der Waals surface area contributed by atoms with Crippen LogP contribution < -0.4 is 10.2 Å². The van der Waals surface area contributed by atoms with Gasteiger partial charge >= 0.3 is 0 Å². The highest BCUT2D eigenvalue weighted by atomic mass is 35.5. The van der Waals surface area contributed by atoms with E-state index in [1.165, 1.54) is 17.0 Å². The van der Waals surface area contributed by atoms with Crippen molar-refractivity contribution in [2.24, 2.45) is 0 Å². The summed E-state index contributed by atoms with van der Waals surface area (Å²) in [5.74, 6) is -1.34. The van der Waals surface area contributed by atoms with Crippen molar-refractivity contribution >= 4 is 57.7 Å². The van der Waals surface area contributed by atoms with Crippen molar-refractivity contribution < 1.29 is 14.5 Å². The summed E-state index contributed by atoms with van der Waals surface area (Å²) >= 11 is 11.1. The maximum atomic E-state index is 13.2. The molecule has 10 heteroatoms. The summed E-state index contributed by atoms with van der Waals surface area (Å²) in [7, 11) is 3.45. The second-order valence-electron chi connectivity index (χ2n) is 6.76. The number of allylic oxidation sites excluding steroid dienone is 2. The first kappa shape index (κ1) is 22.1. The van der Waals surface area contributed by atoms with E-state index in [2.05, 4.69) is 5.32 Å². The number of carbonyl (C=O) groups excluding carboxylic acids is 2. The molecule has 31 heavy (non-hydrogen) atoms. The van der Waals surface area contributed by atoms with Crippen LogP contribution in [0.25, 0.3) is 5.57 Å². The number of rotatable bonds is 5. The van der Waals surface area contributed by atoms with Crippen molar-refractivity contribution in [2.75, 3.05) is 19.0 Å². The molecule has 0 atom stereocenters. The van der Waals surface area contributed by atoms with E-state index in [0.29, 0.717) is 16.3 Å². The van der Waals surface area contributed by atoms with Crippen LogP contribution in [-0.2, 0) is 9.59 Å². The Kier molecular flexibility index (Phi) is 6.47. The van der Waals surface area contributed by atoms with Gasteiger partial charge in [0.2, 0.25) is 0 Å². The summed E-state index contributed by atoms with van der Waals surface area (Å²) in [6.45, 7) is 0. The molecular weight excluding hydrogens is 440 g/mol. The van der Waals surface area contributed by atoms with Gasteiger partial charge in [-0.3, -0.25) is 29.9 Å². The Bertz CT molecular complexity index is 1140. The van der Waals surface area contributed by atoms with E-state index in [9.17, 15) is 19.7 Å². The van der Waals surface area contributed by atoms with Crippen LogP contribution in [0, 0.1) is 10.1 Å². The van der Waals surface area contributed by atoms with Crippen LogP contribution in [0.4, 0.5) is 11.4 Å². The van der Waals surface area contributed by atoms with Crippen LogP contribution in [0.15, 0.2) is 66.4 Å². The number of anilines is 1. The van der Waals surface area contributed by atoms with E-state index in [4.69, 9.17) is 23.8 Å². The van der Waals surface area contributed by atoms with Gasteiger partial charge < -0.3 is 4.90 Å². The summed E-state index contributed by atoms with van der Waals surface area (Å²) in [5, 5.41) is 14.4. The smallest absolute Gasteiger partial charge is 0.277 e. The molecule has 0 saturated carbocycles. The zero-order chi connectivity index (χ0) is 22.7. The molecule has 1 aliphatic rings. The van der Waals surface area contributed by atoms with E-state index < -0.39 is 16.7 Å². The van der Waals surface area contributed by atoms with Gasteiger partial charge in [0.15, 0.2) is 5.11 Å². The Morgan fingerprint density at radius 1 is 1.16 bits per heavy atom. The first-order valence-electron chi connectivity index (χ1n) is 8.98. The number of nitro benzene ring substituents is 1. The largest absolute Gasteiger partial charge is 0.383 e. The van der Waals surface area contributed by atoms with Crippen molar-refractivity contribution in [2.45, 2.75) is 0 Å². The third kappa shape index (κ3) is 4.79. The fourth-order valence-electron chi connectivity index (χ4n) is 2.98. The van der Waals surface area contributed by atoms with E-state index in [1.807, 2.05) is 0 Å². The van der Waals surface area contributed by atoms with Gasteiger partial charge in [0.05, 0.1) is 16.2 Å². The number of benzene rings is 2. The SMILES string of the molecule is CN(C)/C=C(/C=C1/C(=O)NC(=S)N(c2ccc(Cl)cc2)C1=O)c1ccccc1[N+](=O)[O-]. The van der Waals surface area contributed by atoms with Crippen LogP contribution in [-0.4, -0.2) is 40.8 Å². The minimum absolute atomic E-state index is 0.0710. The molecule has 0 aromatic heterocycles. The monoisotopic (exact) mass is 456 g/mol. The second kappa shape index (κ2) is 9.07. The maximum Gasteiger partial charge on any atom is 0.277 e. The van der Waals surface area contributed by atoms with Crippen molar-refractivity contribution in [3.63, 3.8) is 0 Å². The van der Waals surface area contributed by atoms with Gasteiger partial charge in [-0.25, -0.2) is 0 Å². The number of hydrogen-bond donors (Lipinski definition) is 1. The molecule has 1 aliphatic heterocycles. The molecular formula is C21H17ClN4O4S. The number of amides is 2. The first-order chi connectivity index (χ1) is 14.7.